The minimum absolute atomic E-state index is 0.0130. The van der Waals surface area contributed by atoms with Gasteiger partial charge in [0, 0.05) is 0 Å². The van der Waals surface area contributed by atoms with Gasteiger partial charge in [0.25, 0.3) is 0 Å². The minimum atomic E-state index is -4.14. The lowest BCUT2D eigenvalue weighted by atomic mass is 10.9. The normalized spacial score (nSPS) is 15.2. The van der Waals surface area contributed by atoms with E-state index in [9.17, 15) is 9.36 Å². The van der Waals surface area contributed by atoms with Gasteiger partial charge in [-0.15, -0.1) is 0 Å². The lowest BCUT2D eigenvalue weighted by Crippen LogP contribution is -2.05. The van der Waals surface area contributed by atoms with Crippen molar-refractivity contribution in [3.63, 3.8) is 0 Å². The van der Waals surface area contributed by atoms with Crippen LogP contribution in [0.15, 0.2) is 0 Å². The predicted molar refractivity (Wildman–Crippen MR) is 36.5 cm³/mol. The first-order chi connectivity index (χ1) is 5.48. The van der Waals surface area contributed by atoms with Crippen molar-refractivity contribution < 1.29 is 33.1 Å². The molecule has 1 atom stereocenters. The van der Waals surface area contributed by atoms with Crippen molar-refractivity contribution in [3.05, 3.63) is 0 Å². The maximum Gasteiger partial charge on any atom is 0.507 e. The van der Waals surface area contributed by atoms with Crippen LogP contribution in [0.4, 0.5) is 4.79 Å². The molecule has 0 saturated carbocycles. The average molecular weight is 200 g/mol. The maximum atomic E-state index is 10.6. The smallest absolute Gasteiger partial charge is 0.450 e. The van der Waals surface area contributed by atoms with Crippen LogP contribution in [0.5, 0.6) is 0 Å². The summed E-state index contributed by atoms with van der Waals surface area (Å²) in [6.07, 6.45) is -1.59. The first-order valence-corrected chi connectivity index (χ1v) is 4.45. The molecule has 0 radical (unpaired) electrons. The van der Waals surface area contributed by atoms with Gasteiger partial charge < -0.3 is 14.7 Å². The Kier molecular flexibility index (Phi) is 4.84. The van der Waals surface area contributed by atoms with Crippen LogP contribution in [-0.2, 0) is 18.3 Å². The molecule has 0 rings (SSSR count). The van der Waals surface area contributed by atoms with Crippen LogP contribution in [0.25, 0.3) is 0 Å². The maximum absolute atomic E-state index is 10.6. The van der Waals surface area contributed by atoms with E-state index < -0.39 is 20.8 Å². The highest BCUT2D eigenvalue weighted by atomic mass is 31.2. The van der Waals surface area contributed by atoms with E-state index in [1.54, 1.807) is 0 Å². The Morgan fingerprint density at radius 2 is 2.08 bits per heavy atom. The van der Waals surface area contributed by atoms with Crippen molar-refractivity contribution in [1.29, 1.82) is 0 Å². The van der Waals surface area contributed by atoms with Gasteiger partial charge in [0.05, 0.1) is 6.61 Å². The second-order valence-electron chi connectivity index (χ2n) is 1.54. The van der Waals surface area contributed by atoms with Crippen LogP contribution >= 0.6 is 7.82 Å². The molecule has 0 aliphatic heterocycles. The van der Waals surface area contributed by atoms with Crippen LogP contribution in [0.1, 0.15) is 6.92 Å². The molecule has 0 saturated heterocycles. The number of carboxylic acid groups (broad SMARTS) is 1. The van der Waals surface area contributed by atoms with E-state index in [0.717, 1.165) is 0 Å². The van der Waals surface area contributed by atoms with Crippen molar-refractivity contribution in [3.8, 4) is 0 Å². The molecule has 0 aliphatic carbocycles. The molecule has 0 spiro atoms. The van der Waals surface area contributed by atoms with Crippen LogP contribution < -0.4 is 0 Å². The Bertz CT molecular complexity index is 190. The molecular weight excluding hydrogens is 191 g/mol. The first-order valence-electron chi connectivity index (χ1n) is 2.95. The number of phosphoric ester groups is 1. The second-order valence-corrected chi connectivity index (χ2v) is 3.00. The molecule has 0 bridgehead atoms. The summed E-state index contributed by atoms with van der Waals surface area (Å²) in [5, 5.41) is 7.93. The molecule has 0 aromatic carbocycles. The van der Waals surface area contributed by atoms with E-state index in [0.29, 0.717) is 0 Å². The number of hydrogen-bond donors (Lipinski definition) is 2. The van der Waals surface area contributed by atoms with Gasteiger partial charge in [-0.3, -0.25) is 4.52 Å². The average Bonchev–Trinajstić information content (AvgIpc) is 1.85. The summed E-state index contributed by atoms with van der Waals surface area (Å²) < 4.78 is 22.7. The lowest BCUT2D eigenvalue weighted by molar-refractivity contribution is 0.00765. The van der Waals surface area contributed by atoms with E-state index in [1.807, 2.05) is 0 Å². The number of hydrogen-bond acceptors (Lipinski definition) is 5. The Morgan fingerprint density at radius 1 is 1.50 bits per heavy atom. The van der Waals surface area contributed by atoms with E-state index >= 15 is 0 Å². The Morgan fingerprint density at radius 3 is 2.50 bits per heavy atom. The van der Waals surface area contributed by atoms with Crippen LogP contribution in [0.3, 0.4) is 0 Å². The fraction of sp³-hybridized carbons (Fsp3) is 0.750. The van der Waals surface area contributed by atoms with Crippen molar-refractivity contribution in [2.75, 3.05) is 13.4 Å². The van der Waals surface area contributed by atoms with Gasteiger partial charge in [-0.1, -0.05) is 0 Å². The summed E-state index contributed by atoms with van der Waals surface area (Å²) in [7, 11) is -4.14. The molecule has 1 unspecified atom stereocenters. The second kappa shape index (κ2) is 5.10. The van der Waals surface area contributed by atoms with Crippen LogP contribution in [0, 0.1) is 0 Å². The summed E-state index contributed by atoms with van der Waals surface area (Å²) in [5.74, 6) is 0. The van der Waals surface area contributed by atoms with Gasteiger partial charge >= 0.3 is 14.0 Å². The Balaban J connectivity index is 3.61. The molecule has 7 nitrogen and oxygen atoms in total. The molecule has 0 aliphatic rings. The van der Waals surface area contributed by atoms with Crippen LogP contribution in [-0.4, -0.2) is 29.6 Å². The number of phosphoric acid groups is 1. The number of ether oxygens (including phenoxy) is 1. The van der Waals surface area contributed by atoms with E-state index in [-0.39, 0.29) is 6.61 Å². The quantitative estimate of drug-likeness (QED) is 0.384. The minimum Gasteiger partial charge on any atom is -0.450 e. The lowest BCUT2D eigenvalue weighted by Gasteiger charge is -2.09. The van der Waals surface area contributed by atoms with Crippen molar-refractivity contribution >= 4 is 14.0 Å². The van der Waals surface area contributed by atoms with E-state index in [2.05, 4.69) is 13.8 Å². The van der Waals surface area contributed by atoms with Crippen molar-refractivity contribution in [2.45, 2.75) is 6.92 Å². The molecule has 0 aromatic rings. The van der Waals surface area contributed by atoms with Crippen LogP contribution in [0.2, 0.25) is 0 Å². The number of rotatable bonds is 5. The fourth-order valence-corrected chi connectivity index (χ4v) is 0.931. The summed E-state index contributed by atoms with van der Waals surface area (Å²) in [4.78, 5) is 18.4. The van der Waals surface area contributed by atoms with Gasteiger partial charge in [0.1, 0.15) is 0 Å². The molecule has 72 valence electrons. The van der Waals surface area contributed by atoms with Gasteiger partial charge in [-0.2, -0.15) is 0 Å². The molecule has 8 heteroatoms. The fourth-order valence-electron chi connectivity index (χ4n) is 0.344. The van der Waals surface area contributed by atoms with Gasteiger partial charge in [0.2, 0.25) is 6.79 Å². The molecule has 0 amide bonds. The van der Waals surface area contributed by atoms with Gasteiger partial charge in [-0.05, 0) is 6.92 Å². The monoisotopic (exact) mass is 200 g/mol. The SMILES string of the molecule is CCOP(=O)(O)OCOC(=O)O. The zero-order valence-electron chi connectivity index (χ0n) is 6.30. The van der Waals surface area contributed by atoms with E-state index in [1.165, 1.54) is 6.92 Å². The highest BCUT2D eigenvalue weighted by molar-refractivity contribution is 7.47. The molecule has 12 heavy (non-hydrogen) atoms. The van der Waals surface area contributed by atoms with Crippen molar-refractivity contribution in [1.82, 2.24) is 0 Å². The molecule has 0 heterocycles. The topological polar surface area (TPSA) is 102 Å². The summed E-state index contributed by atoms with van der Waals surface area (Å²) in [5.41, 5.74) is 0. The highest BCUT2D eigenvalue weighted by Gasteiger charge is 2.20. The number of carbonyl (C=O) groups is 1. The predicted octanol–water partition coefficient (Wildman–Crippen LogP) is 0.792. The largest absolute Gasteiger partial charge is 0.507 e. The molecular formula is C4H9O7P. The summed E-state index contributed by atoms with van der Waals surface area (Å²) >= 11 is 0. The van der Waals surface area contributed by atoms with Crippen molar-refractivity contribution in [2.24, 2.45) is 0 Å². The molecule has 0 fully saturated rings. The van der Waals surface area contributed by atoms with E-state index in [4.69, 9.17) is 10.00 Å². The highest BCUT2D eigenvalue weighted by Crippen LogP contribution is 2.42. The molecule has 0 aromatic heterocycles. The Labute approximate surface area is 68.5 Å². The zero-order chi connectivity index (χ0) is 9.61. The summed E-state index contributed by atoms with van der Waals surface area (Å²) in [6, 6.07) is 0. The third-order valence-corrected chi connectivity index (χ3v) is 1.71. The zero-order valence-corrected chi connectivity index (χ0v) is 7.19. The standard InChI is InChI=1S/C4H9O7P/c1-2-10-12(7,8)11-3-9-4(5)6/h2-3H2,1H3,(H,5,6)(H,7,8). The van der Waals surface area contributed by atoms with Gasteiger partial charge in [0.15, 0.2) is 0 Å². The summed E-state index contributed by atoms with van der Waals surface area (Å²) in [6.45, 7) is 0.647. The Hall–Kier alpha value is -0.620. The third kappa shape index (κ3) is 6.11. The third-order valence-electron chi connectivity index (χ3n) is 0.690. The molecule has 2 N–H and O–H groups in total. The van der Waals surface area contributed by atoms with Gasteiger partial charge in [-0.25, -0.2) is 13.9 Å². The first kappa shape index (κ1) is 11.4.